The lowest BCUT2D eigenvalue weighted by molar-refractivity contribution is -0.138. The van der Waals surface area contributed by atoms with E-state index in [-0.39, 0.29) is 31.0 Å². The SMILES string of the molecule is COC(=O)c1ccc([C@@H]2C3=C(C[C@@H](c4ccc(OC)cc4)CC3=O)Nc3ccccc3N2C(=O)CCC(=O)O)cc1. The molecule has 1 amide bonds. The van der Waals surface area contributed by atoms with Crippen LogP contribution in [0.15, 0.2) is 84.1 Å². The topological polar surface area (TPSA) is 122 Å². The van der Waals surface area contributed by atoms with Gasteiger partial charge in [0.25, 0.3) is 0 Å². The maximum Gasteiger partial charge on any atom is 0.337 e. The van der Waals surface area contributed by atoms with E-state index >= 15 is 0 Å². The highest BCUT2D eigenvalue weighted by molar-refractivity contribution is 6.06. The fourth-order valence-corrected chi connectivity index (χ4v) is 5.55. The number of carboxylic acids is 1. The largest absolute Gasteiger partial charge is 0.497 e. The molecule has 0 saturated heterocycles. The maximum atomic E-state index is 14.0. The van der Waals surface area contributed by atoms with E-state index in [1.54, 1.807) is 43.5 Å². The molecule has 210 valence electrons. The van der Waals surface area contributed by atoms with Crippen molar-refractivity contribution in [2.45, 2.75) is 37.6 Å². The minimum Gasteiger partial charge on any atom is -0.497 e. The monoisotopic (exact) mass is 554 g/mol. The van der Waals surface area contributed by atoms with E-state index in [1.807, 2.05) is 36.4 Å². The van der Waals surface area contributed by atoms with E-state index in [0.29, 0.717) is 40.2 Å². The van der Waals surface area contributed by atoms with Gasteiger partial charge in [-0.3, -0.25) is 19.3 Å². The Hall–Kier alpha value is -4.92. The standard InChI is InChI=1S/C32H30N2O7/c1-40-23-13-11-19(12-14-23)22-17-25-30(27(35)18-22)31(20-7-9-21(10-8-20)32(39)41-2)34(28(36)15-16-29(37)38)26-6-4-3-5-24(26)33-25/h3-14,22,31,33H,15-18H2,1-2H3,(H,37,38)/t22-,31-/m1/s1. The van der Waals surface area contributed by atoms with Crippen LogP contribution in [0.3, 0.4) is 0 Å². The average molecular weight is 555 g/mol. The van der Waals surface area contributed by atoms with Crippen LogP contribution in [-0.2, 0) is 19.1 Å². The van der Waals surface area contributed by atoms with Crippen LogP contribution >= 0.6 is 0 Å². The van der Waals surface area contributed by atoms with Crippen molar-refractivity contribution < 1.29 is 33.8 Å². The summed E-state index contributed by atoms with van der Waals surface area (Å²) in [5.74, 6) is -1.51. The number of benzene rings is 3. The lowest BCUT2D eigenvalue weighted by Gasteiger charge is -2.35. The van der Waals surface area contributed by atoms with Crippen molar-refractivity contribution in [2.75, 3.05) is 24.4 Å². The Bertz CT molecular complexity index is 1530. The van der Waals surface area contributed by atoms with Gasteiger partial charge in [0.2, 0.25) is 5.91 Å². The maximum absolute atomic E-state index is 14.0. The molecule has 9 nitrogen and oxygen atoms in total. The van der Waals surface area contributed by atoms with Gasteiger partial charge in [0.15, 0.2) is 5.78 Å². The molecule has 3 aromatic rings. The number of Topliss-reactive ketones (excluding diaryl/α,β-unsaturated/α-hetero) is 1. The van der Waals surface area contributed by atoms with Crippen LogP contribution in [0.2, 0.25) is 0 Å². The number of carbonyl (C=O) groups excluding carboxylic acids is 3. The quantitative estimate of drug-likeness (QED) is 0.380. The molecule has 0 fully saturated rings. The highest BCUT2D eigenvalue weighted by Crippen LogP contribution is 2.47. The number of carboxylic acid groups (broad SMARTS) is 1. The normalized spacial score (nSPS) is 18.0. The van der Waals surface area contributed by atoms with Gasteiger partial charge in [-0.15, -0.1) is 0 Å². The summed E-state index contributed by atoms with van der Waals surface area (Å²) in [6.07, 6.45) is 0.163. The predicted octanol–water partition coefficient (Wildman–Crippen LogP) is 5.25. The van der Waals surface area contributed by atoms with E-state index in [0.717, 1.165) is 11.3 Å². The predicted molar refractivity (Wildman–Crippen MR) is 152 cm³/mol. The molecular weight excluding hydrogens is 524 g/mol. The summed E-state index contributed by atoms with van der Waals surface area (Å²) < 4.78 is 10.1. The van der Waals surface area contributed by atoms with E-state index in [2.05, 4.69) is 5.32 Å². The van der Waals surface area contributed by atoms with Crippen LogP contribution in [0.5, 0.6) is 5.75 Å². The highest BCUT2D eigenvalue weighted by Gasteiger charge is 2.41. The second-order valence-corrected chi connectivity index (χ2v) is 10.0. The summed E-state index contributed by atoms with van der Waals surface area (Å²) in [7, 11) is 2.90. The number of rotatable bonds is 7. The number of carbonyl (C=O) groups is 4. The molecule has 3 aromatic carbocycles. The summed E-state index contributed by atoms with van der Waals surface area (Å²) in [6, 6.07) is 20.7. The summed E-state index contributed by atoms with van der Waals surface area (Å²) in [4.78, 5) is 52.8. The van der Waals surface area contributed by atoms with E-state index in [9.17, 15) is 24.3 Å². The number of nitrogens with one attached hydrogen (secondary N) is 1. The number of nitrogens with zero attached hydrogens (tertiary/aromatic N) is 1. The second-order valence-electron chi connectivity index (χ2n) is 10.0. The second kappa shape index (κ2) is 11.7. The zero-order chi connectivity index (χ0) is 29.1. The van der Waals surface area contributed by atoms with Crippen molar-refractivity contribution in [1.29, 1.82) is 0 Å². The first-order valence-electron chi connectivity index (χ1n) is 13.3. The summed E-state index contributed by atoms with van der Waals surface area (Å²) in [6.45, 7) is 0. The molecule has 9 heteroatoms. The van der Waals surface area contributed by atoms with Crippen molar-refractivity contribution >= 4 is 35.0 Å². The zero-order valence-electron chi connectivity index (χ0n) is 22.8. The van der Waals surface area contributed by atoms with Crippen molar-refractivity contribution in [1.82, 2.24) is 0 Å². The van der Waals surface area contributed by atoms with Crippen LogP contribution in [-0.4, -0.2) is 43.0 Å². The van der Waals surface area contributed by atoms with Crippen molar-refractivity contribution in [3.8, 4) is 5.75 Å². The summed E-state index contributed by atoms with van der Waals surface area (Å²) in [5.41, 5.74) is 4.26. The Morgan fingerprint density at radius 3 is 2.24 bits per heavy atom. The third kappa shape index (κ3) is 5.56. The van der Waals surface area contributed by atoms with Crippen LogP contribution in [0, 0.1) is 0 Å². The Kier molecular flexibility index (Phi) is 7.87. The molecule has 5 rings (SSSR count). The molecule has 41 heavy (non-hydrogen) atoms. The third-order valence-corrected chi connectivity index (χ3v) is 7.54. The molecule has 0 radical (unpaired) electrons. The molecule has 2 atom stereocenters. The molecule has 0 spiro atoms. The number of para-hydroxylation sites is 2. The molecule has 0 bridgehead atoms. The average Bonchev–Trinajstić information content (AvgIpc) is 3.14. The molecule has 0 aromatic heterocycles. The van der Waals surface area contributed by atoms with Gasteiger partial charge in [-0.2, -0.15) is 0 Å². The van der Waals surface area contributed by atoms with Gasteiger partial charge in [-0.25, -0.2) is 4.79 Å². The fourth-order valence-electron chi connectivity index (χ4n) is 5.55. The Morgan fingerprint density at radius 2 is 1.59 bits per heavy atom. The summed E-state index contributed by atoms with van der Waals surface area (Å²) in [5, 5.41) is 12.8. The van der Waals surface area contributed by atoms with Crippen molar-refractivity contribution in [3.05, 3.63) is 101 Å². The Labute approximate surface area is 237 Å². The highest BCUT2D eigenvalue weighted by atomic mass is 16.5. The molecule has 2 N–H and O–H groups in total. The van der Waals surface area contributed by atoms with Crippen LogP contribution in [0.1, 0.15) is 59.1 Å². The number of fused-ring (bicyclic) bond motifs is 1. The lowest BCUT2D eigenvalue weighted by atomic mass is 9.78. The molecule has 0 saturated carbocycles. The van der Waals surface area contributed by atoms with Gasteiger partial charge in [0, 0.05) is 24.1 Å². The van der Waals surface area contributed by atoms with Crippen molar-refractivity contribution in [2.24, 2.45) is 0 Å². The number of aliphatic carboxylic acids is 1. The number of esters is 1. The number of hydrogen-bond donors (Lipinski definition) is 2. The third-order valence-electron chi connectivity index (χ3n) is 7.54. The minimum atomic E-state index is -1.09. The molecule has 2 aliphatic rings. The minimum absolute atomic E-state index is 0.0940. The Morgan fingerprint density at radius 1 is 0.902 bits per heavy atom. The number of allylic oxidation sites excluding steroid dienone is 1. The molecule has 1 aliphatic heterocycles. The zero-order valence-corrected chi connectivity index (χ0v) is 22.8. The van der Waals surface area contributed by atoms with Crippen LogP contribution in [0.4, 0.5) is 11.4 Å². The van der Waals surface area contributed by atoms with Gasteiger partial charge in [0.1, 0.15) is 5.75 Å². The lowest BCUT2D eigenvalue weighted by Crippen LogP contribution is -2.38. The number of methoxy groups -OCH3 is 2. The summed E-state index contributed by atoms with van der Waals surface area (Å²) >= 11 is 0. The van der Waals surface area contributed by atoms with Gasteiger partial charge in [-0.1, -0.05) is 36.4 Å². The molecule has 1 heterocycles. The van der Waals surface area contributed by atoms with Gasteiger partial charge in [0.05, 0.1) is 43.6 Å². The number of ether oxygens (including phenoxy) is 2. The first kappa shape index (κ1) is 27.6. The van der Waals surface area contributed by atoms with E-state index in [4.69, 9.17) is 9.47 Å². The van der Waals surface area contributed by atoms with Gasteiger partial charge in [-0.05, 0) is 59.9 Å². The first-order chi connectivity index (χ1) is 19.8. The van der Waals surface area contributed by atoms with Crippen LogP contribution in [0.25, 0.3) is 0 Å². The molecule has 0 unspecified atom stereocenters. The number of amides is 1. The molecular formula is C32H30N2O7. The smallest absolute Gasteiger partial charge is 0.337 e. The first-order valence-corrected chi connectivity index (χ1v) is 13.3. The van der Waals surface area contributed by atoms with Crippen LogP contribution < -0.4 is 15.0 Å². The number of hydrogen-bond acceptors (Lipinski definition) is 7. The number of anilines is 2. The molecule has 1 aliphatic carbocycles. The Balaban J connectivity index is 1.65. The van der Waals surface area contributed by atoms with Crippen molar-refractivity contribution in [3.63, 3.8) is 0 Å². The van der Waals surface area contributed by atoms with Gasteiger partial charge < -0.3 is 19.9 Å². The number of ketones is 1. The van der Waals surface area contributed by atoms with E-state index in [1.165, 1.54) is 12.0 Å². The van der Waals surface area contributed by atoms with Gasteiger partial charge >= 0.3 is 11.9 Å². The fraction of sp³-hybridized carbons (Fsp3) is 0.250. The van der Waals surface area contributed by atoms with E-state index < -0.39 is 23.9 Å².